The largest absolute Gasteiger partial charge is 0.360 e. The molecule has 3 heterocycles. The average Bonchev–Trinajstić information content (AvgIpc) is 2.93. The Morgan fingerprint density at radius 1 is 1.45 bits per heavy atom. The van der Waals surface area contributed by atoms with Crippen LogP contribution in [-0.4, -0.2) is 40.6 Å². The molecular formula is C16H20N4O2. The monoisotopic (exact) mass is 300 g/mol. The summed E-state index contributed by atoms with van der Waals surface area (Å²) in [6.45, 7) is 4.03. The summed E-state index contributed by atoms with van der Waals surface area (Å²) in [5.74, 6) is 1.58. The Hall–Kier alpha value is -2.21. The van der Waals surface area contributed by atoms with Crippen LogP contribution in [0.2, 0.25) is 0 Å². The second kappa shape index (κ2) is 6.70. The van der Waals surface area contributed by atoms with Gasteiger partial charge in [-0.2, -0.15) is 0 Å². The Labute approximate surface area is 129 Å². The molecule has 0 radical (unpaired) electrons. The molecule has 1 amide bonds. The van der Waals surface area contributed by atoms with Gasteiger partial charge in [0.1, 0.15) is 5.76 Å². The third-order valence-corrected chi connectivity index (χ3v) is 3.95. The van der Waals surface area contributed by atoms with E-state index in [0.717, 1.165) is 25.9 Å². The van der Waals surface area contributed by atoms with Crippen LogP contribution in [0.3, 0.4) is 0 Å². The normalized spacial score (nSPS) is 19.0. The topological polar surface area (TPSA) is 71.3 Å². The van der Waals surface area contributed by atoms with Gasteiger partial charge in [-0.1, -0.05) is 5.16 Å². The minimum Gasteiger partial charge on any atom is -0.360 e. The van der Waals surface area contributed by atoms with Crippen molar-refractivity contribution in [3.8, 4) is 0 Å². The van der Waals surface area contributed by atoms with E-state index in [1.807, 2.05) is 12.4 Å². The molecule has 1 fully saturated rings. The highest BCUT2D eigenvalue weighted by atomic mass is 16.5. The van der Waals surface area contributed by atoms with Gasteiger partial charge in [-0.15, -0.1) is 0 Å². The lowest BCUT2D eigenvalue weighted by atomic mass is 9.91. The van der Waals surface area contributed by atoms with Crippen LogP contribution in [0.25, 0.3) is 0 Å². The molecule has 0 saturated carbocycles. The molecule has 2 aromatic rings. The van der Waals surface area contributed by atoms with Crippen LogP contribution in [-0.2, 0) is 4.79 Å². The summed E-state index contributed by atoms with van der Waals surface area (Å²) in [5, 5.41) is 6.55. The Kier molecular flexibility index (Phi) is 4.48. The van der Waals surface area contributed by atoms with Gasteiger partial charge >= 0.3 is 0 Å². The Balaban J connectivity index is 1.55. The van der Waals surface area contributed by atoms with Crippen molar-refractivity contribution in [2.75, 3.05) is 25.0 Å². The first-order chi connectivity index (χ1) is 10.7. The number of nitrogens with one attached hydrogen (secondary N) is 1. The Morgan fingerprint density at radius 3 is 3.00 bits per heavy atom. The molecule has 0 spiro atoms. The van der Waals surface area contributed by atoms with E-state index in [2.05, 4.69) is 32.5 Å². The van der Waals surface area contributed by atoms with Gasteiger partial charge < -0.3 is 9.84 Å². The minimum absolute atomic E-state index is 0.0521. The third-order valence-electron chi connectivity index (χ3n) is 3.95. The lowest BCUT2D eigenvalue weighted by Crippen LogP contribution is -2.39. The van der Waals surface area contributed by atoms with Crippen molar-refractivity contribution in [1.29, 1.82) is 0 Å². The second-order valence-corrected chi connectivity index (χ2v) is 5.73. The molecule has 1 saturated heterocycles. The van der Waals surface area contributed by atoms with Crippen LogP contribution in [0, 0.1) is 6.92 Å². The molecule has 1 aliphatic heterocycles. The number of likely N-dealkylation sites (tertiary alicyclic amines) is 1. The SMILES string of the molecule is Cc1cc(NC(=O)CN2CCC[C@@H](c3ccncc3)C2)no1. The fraction of sp³-hybridized carbons (Fsp3) is 0.438. The molecule has 6 nitrogen and oxygen atoms in total. The van der Waals surface area contributed by atoms with Crippen molar-refractivity contribution in [2.24, 2.45) is 0 Å². The van der Waals surface area contributed by atoms with Gasteiger partial charge in [0.05, 0.1) is 6.54 Å². The van der Waals surface area contributed by atoms with Crippen LogP contribution in [0.4, 0.5) is 5.82 Å². The van der Waals surface area contributed by atoms with Crippen molar-refractivity contribution in [3.05, 3.63) is 41.9 Å². The van der Waals surface area contributed by atoms with E-state index >= 15 is 0 Å². The highest BCUT2D eigenvalue weighted by Crippen LogP contribution is 2.26. The first-order valence-electron chi connectivity index (χ1n) is 7.56. The number of carbonyl (C=O) groups is 1. The maximum Gasteiger partial charge on any atom is 0.239 e. The first kappa shape index (κ1) is 14.7. The fourth-order valence-corrected chi connectivity index (χ4v) is 2.92. The van der Waals surface area contributed by atoms with E-state index in [4.69, 9.17) is 4.52 Å². The third kappa shape index (κ3) is 3.71. The van der Waals surface area contributed by atoms with Gasteiger partial charge in [-0.25, -0.2) is 0 Å². The van der Waals surface area contributed by atoms with Crippen molar-refractivity contribution >= 4 is 11.7 Å². The van der Waals surface area contributed by atoms with E-state index in [0.29, 0.717) is 24.0 Å². The highest BCUT2D eigenvalue weighted by molar-refractivity contribution is 5.91. The number of nitrogens with zero attached hydrogens (tertiary/aromatic N) is 3. The molecule has 1 atom stereocenters. The first-order valence-corrected chi connectivity index (χ1v) is 7.56. The van der Waals surface area contributed by atoms with Gasteiger partial charge in [0, 0.05) is 25.0 Å². The predicted octanol–water partition coefficient (Wildman–Crippen LogP) is 2.20. The number of piperidine rings is 1. The maximum absolute atomic E-state index is 12.1. The molecular weight excluding hydrogens is 280 g/mol. The lowest BCUT2D eigenvalue weighted by molar-refractivity contribution is -0.117. The average molecular weight is 300 g/mol. The molecule has 0 bridgehead atoms. The van der Waals surface area contributed by atoms with E-state index in [1.165, 1.54) is 5.56 Å². The van der Waals surface area contributed by atoms with E-state index in [1.54, 1.807) is 13.0 Å². The zero-order valence-electron chi connectivity index (χ0n) is 12.7. The van der Waals surface area contributed by atoms with Gasteiger partial charge in [0.25, 0.3) is 0 Å². The number of pyridine rings is 1. The minimum atomic E-state index is -0.0521. The Bertz CT molecular complexity index is 626. The van der Waals surface area contributed by atoms with Crippen molar-refractivity contribution < 1.29 is 9.32 Å². The van der Waals surface area contributed by atoms with Gasteiger partial charge in [-0.3, -0.25) is 14.7 Å². The number of aryl methyl sites for hydroxylation is 1. The Morgan fingerprint density at radius 2 is 2.27 bits per heavy atom. The van der Waals surface area contributed by atoms with Gasteiger partial charge in [-0.05, 0) is 49.9 Å². The maximum atomic E-state index is 12.1. The summed E-state index contributed by atoms with van der Waals surface area (Å²) in [5.41, 5.74) is 1.30. The summed E-state index contributed by atoms with van der Waals surface area (Å²) in [6.07, 6.45) is 5.91. The number of amides is 1. The molecule has 0 aliphatic carbocycles. The number of rotatable bonds is 4. The molecule has 1 aliphatic rings. The van der Waals surface area contributed by atoms with Crippen molar-refractivity contribution in [3.63, 3.8) is 0 Å². The molecule has 22 heavy (non-hydrogen) atoms. The van der Waals surface area contributed by atoms with Crippen molar-refractivity contribution in [2.45, 2.75) is 25.7 Å². The summed E-state index contributed by atoms with van der Waals surface area (Å²) in [7, 11) is 0. The molecule has 1 N–H and O–H groups in total. The van der Waals surface area contributed by atoms with Crippen LogP contribution >= 0.6 is 0 Å². The van der Waals surface area contributed by atoms with E-state index in [-0.39, 0.29) is 5.91 Å². The zero-order valence-corrected chi connectivity index (χ0v) is 12.7. The van der Waals surface area contributed by atoms with Crippen LogP contribution < -0.4 is 5.32 Å². The predicted molar refractivity (Wildman–Crippen MR) is 82.5 cm³/mol. The molecule has 0 aromatic carbocycles. The van der Waals surface area contributed by atoms with Gasteiger partial charge in [0.2, 0.25) is 5.91 Å². The molecule has 0 unspecified atom stereocenters. The quantitative estimate of drug-likeness (QED) is 0.937. The van der Waals surface area contributed by atoms with Crippen LogP contribution in [0.15, 0.2) is 35.1 Å². The van der Waals surface area contributed by atoms with Crippen LogP contribution in [0.1, 0.15) is 30.1 Å². The van der Waals surface area contributed by atoms with Crippen LogP contribution in [0.5, 0.6) is 0 Å². The zero-order chi connectivity index (χ0) is 15.4. The molecule has 116 valence electrons. The molecule has 3 rings (SSSR count). The summed E-state index contributed by atoms with van der Waals surface area (Å²) >= 11 is 0. The van der Waals surface area contributed by atoms with E-state index < -0.39 is 0 Å². The highest BCUT2D eigenvalue weighted by Gasteiger charge is 2.23. The number of carbonyl (C=O) groups excluding carboxylic acids is 1. The smallest absolute Gasteiger partial charge is 0.239 e. The standard InChI is InChI=1S/C16H20N4O2/c1-12-9-15(19-22-12)18-16(21)11-20-8-2-3-14(10-20)13-4-6-17-7-5-13/h4-7,9,14H,2-3,8,10-11H2,1H3,(H,18,19,21)/t14-/m1/s1. The summed E-state index contributed by atoms with van der Waals surface area (Å²) in [4.78, 5) is 18.3. The summed E-state index contributed by atoms with van der Waals surface area (Å²) in [6, 6.07) is 5.84. The number of hydrogen-bond donors (Lipinski definition) is 1. The number of anilines is 1. The fourth-order valence-electron chi connectivity index (χ4n) is 2.92. The second-order valence-electron chi connectivity index (χ2n) is 5.73. The summed E-state index contributed by atoms with van der Waals surface area (Å²) < 4.78 is 4.95. The number of aromatic nitrogens is 2. The van der Waals surface area contributed by atoms with E-state index in [9.17, 15) is 4.79 Å². The molecule has 6 heteroatoms. The van der Waals surface area contributed by atoms with Gasteiger partial charge in [0.15, 0.2) is 5.82 Å². The lowest BCUT2D eigenvalue weighted by Gasteiger charge is -2.32. The molecule has 2 aromatic heterocycles. The number of hydrogen-bond acceptors (Lipinski definition) is 5. The van der Waals surface area contributed by atoms with Crippen molar-refractivity contribution in [1.82, 2.24) is 15.0 Å².